The number of nitro groups is 1. The predicted octanol–water partition coefficient (Wildman–Crippen LogP) is 2.89. The molecule has 0 aliphatic carbocycles. The third kappa shape index (κ3) is 5.61. The third-order valence-electron chi connectivity index (χ3n) is 6.75. The maximum Gasteiger partial charge on any atom is 0.271 e. The predicted molar refractivity (Wildman–Crippen MR) is 139 cm³/mol. The van der Waals surface area contributed by atoms with Crippen LogP contribution < -0.4 is 9.64 Å². The van der Waals surface area contributed by atoms with Crippen molar-refractivity contribution < 1.29 is 28.4 Å². The van der Waals surface area contributed by atoms with Crippen molar-refractivity contribution in [3.63, 3.8) is 0 Å². The molecule has 14 heteroatoms. The van der Waals surface area contributed by atoms with Crippen molar-refractivity contribution in [1.29, 1.82) is 0 Å². The topological polar surface area (TPSA) is 133 Å². The highest BCUT2D eigenvalue weighted by Crippen LogP contribution is 2.35. The molecule has 1 saturated heterocycles. The van der Waals surface area contributed by atoms with Gasteiger partial charge in [-0.05, 0) is 25.1 Å². The number of halogens is 2. The van der Waals surface area contributed by atoms with Crippen LogP contribution in [-0.2, 0) is 20.7 Å². The zero-order chi connectivity index (χ0) is 27.7. The van der Waals surface area contributed by atoms with E-state index in [4.69, 9.17) is 9.47 Å². The van der Waals surface area contributed by atoms with E-state index in [9.17, 15) is 24.1 Å². The Morgan fingerprint density at radius 2 is 2.13 bits per heavy atom. The number of amides is 2. The van der Waals surface area contributed by atoms with Gasteiger partial charge >= 0.3 is 0 Å². The summed E-state index contributed by atoms with van der Waals surface area (Å²) in [5, 5.41) is 19.6. The number of fused-ring (bicyclic) bond motifs is 1. The van der Waals surface area contributed by atoms with Crippen LogP contribution in [0.1, 0.15) is 24.2 Å². The minimum Gasteiger partial charge on any atom is -0.482 e. The van der Waals surface area contributed by atoms with Crippen LogP contribution >= 0.6 is 15.9 Å². The molecule has 1 unspecified atom stereocenters. The standard InChI is InChI=1S/C25H24BrFN6O6/c1-15(20-4-2-16(26)8-21(20)27)32-11-17(28-29-32)9-19-13-38-7-6-30(19)24(34)12-31-22-10-18(33(36)37)3-5-23(22)39-14-25(31)35/h2-5,8,10-11,15,19H,6-7,9,12-14H2,1H3/t15-,19?/m1/s1. The SMILES string of the molecule is C[C@H](c1ccc(Br)cc1F)n1cc(CC2COCCN2C(=O)CN2C(=O)COc3ccc([N+](=O)[O-])cc32)nn1. The summed E-state index contributed by atoms with van der Waals surface area (Å²) in [5.41, 5.74) is 1.02. The van der Waals surface area contributed by atoms with Crippen molar-refractivity contribution in [2.75, 3.05) is 37.8 Å². The highest BCUT2D eigenvalue weighted by atomic mass is 79.9. The maximum atomic E-state index is 14.5. The van der Waals surface area contributed by atoms with Gasteiger partial charge in [0.2, 0.25) is 5.91 Å². The highest BCUT2D eigenvalue weighted by molar-refractivity contribution is 9.10. The summed E-state index contributed by atoms with van der Waals surface area (Å²) in [6.07, 6.45) is 2.05. The molecule has 3 aromatic rings. The first-order valence-electron chi connectivity index (χ1n) is 12.2. The molecule has 39 heavy (non-hydrogen) atoms. The normalized spacial score (nSPS) is 17.9. The first kappa shape index (κ1) is 26.7. The van der Waals surface area contributed by atoms with Gasteiger partial charge in [-0.1, -0.05) is 27.2 Å². The van der Waals surface area contributed by atoms with Gasteiger partial charge in [-0.15, -0.1) is 5.10 Å². The number of nitrogens with zero attached hydrogens (tertiary/aromatic N) is 6. The molecule has 0 bridgehead atoms. The fraction of sp³-hybridized carbons (Fsp3) is 0.360. The van der Waals surface area contributed by atoms with Gasteiger partial charge in [0.1, 0.15) is 18.1 Å². The number of rotatable bonds is 7. The number of morpholine rings is 1. The van der Waals surface area contributed by atoms with Gasteiger partial charge < -0.3 is 14.4 Å². The zero-order valence-electron chi connectivity index (χ0n) is 20.8. The number of anilines is 1. The van der Waals surface area contributed by atoms with Crippen LogP contribution in [0.2, 0.25) is 0 Å². The second-order valence-electron chi connectivity index (χ2n) is 9.23. The summed E-state index contributed by atoms with van der Waals surface area (Å²) in [4.78, 5) is 39.6. The minimum atomic E-state index is -0.573. The molecule has 1 aromatic heterocycles. The number of ether oxygens (including phenoxy) is 2. The molecule has 2 atom stereocenters. The summed E-state index contributed by atoms with van der Waals surface area (Å²) in [6, 6.07) is 7.97. The first-order chi connectivity index (χ1) is 18.7. The molecule has 2 aliphatic rings. The number of hydrogen-bond acceptors (Lipinski definition) is 8. The van der Waals surface area contributed by atoms with Crippen molar-refractivity contribution in [3.05, 3.63) is 74.3 Å². The smallest absolute Gasteiger partial charge is 0.271 e. The highest BCUT2D eigenvalue weighted by Gasteiger charge is 2.34. The number of hydrogen-bond donors (Lipinski definition) is 0. The van der Waals surface area contributed by atoms with Crippen LogP contribution in [0, 0.1) is 15.9 Å². The van der Waals surface area contributed by atoms with Gasteiger partial charge in [-0.25, -0.2) is 9.07 Å². The first-order valence-corrected chi connectivity index (χ1v) is 12.9. The van der Waals surface area contributed by atoms with E-state index in [1.165, 1.54) is 29.2 Å². The van der Waals surface area contributed by atoms with E-state index in [1.54, 1.807) is 27.9 Å². The van der Waals surface area contributed by atoms with Crippen LogP contribution in [0.15, 0.2) is 47.1 Å². The van der Waals surface area contributed by atoms with E-state index < -0.39 is 16.9 Å². The second-order valence-corrected chi connectivity index (χ2v) is 10.1. The number of aromatic nitrogens is 3. The number of nitro benzene ring substituents is 1. The monoisotopic (exact) mass is 602 g/mol. The Morgan fingerprint density at radius 3 is 2.90 bits per heavy atom. The molecule has 0 N–H and O–H groups in total. The molecular weight excluding hydrogens is 579 g/mol. The van der Waals surface area contributed by atoms with Crippen LogP contribution in [0.5, 0.6) is 5.75 Å². The zero-order valence-corrected chi connectivity index (χ0v) is 22.4. The summed E-state index contributed by atoms with van der Waals surface area (Å²) < 4.78 is 27.7. The lowest BCUT2D eigenvalue weighted by molar-refractivity contribution is -0.384. The Bertz CT molecular complexity index is 1430. The Balaban J connectivity index is 1.31. The molecule has 204 valence electrons. The number of benzene rings is 2. The van der Waals surface area contributed by atoms with E-state index >= 15 is 0 Å². The molecule has 3 heterocycles. The van der Waals surface area contributed by atoms with Gasteiger partial charge in [0.15, 0.2) is 6.61 Å². The lowest BCUT2D eigenvalue weighted by atomic mass is 10.1. The Kier molecular flexibility index (Phi) is 7.57. The van der Waals surface area contributed by atoms with Crippen molar-refractivity contribution in [3.8, 4) is 5.75 Å². The van der Waals surface area contributed by atoms with E-state index in [0.29, 0.717) is 41.1 Å². The van der Waals surface area contributed by atoms with Gasteiger partial charge in [0, 0.05) is 41.3 Å². The molecule has 0 saturated carbocycles. The van der Waals surface area contributed by atoms with Crippen molar-refractivity contribution in [2.24, 2.45) is 0 Å². The summed E-state index contributed by atoms with van der Waals surface area (Å²) in [7, 11) is 0. The number of non-ortho nitro benzene ring substituents is 1. The minimum absolute atomic E-state index is 0.177. The lowest BCUT2D eigenvalue weighted by Gasteiger charge is -2.37. The van der Waals surface area contributed by atoms with E-state index in [1.807, 2.05) is 6.92 Å². The fourth-order valence-corrected chi connectivity index (χ4v) is 5.01. The summed E-state index contributed by atoms with van der Waals surface area (Å²) >= 11 is 3.26. The van der Waals surface area contributed by atoms with Crippen LogP contribution in [0.3, 0.4) is 0 Å². The average molecular weight is 603 g/mol. The van der Waals surface area contributed by atoms with Crippen LogP contribution in [0.25, 0.3) is 0 Å². The van der Waals surface area contributed by atoms with Crippen molar-refractivity contribution in [2.45, 2.75) is 25.4 Å². The lowest BCUT2D eigenvalue weighted by Crippen LogP contribution is -2.54. The fourth-order valence-electron chi connectivity index (χ4n) is 4.68. The summed E-state index contributed by atoms with van der Waals surface area (Å²) in [6.45, 7) is 2.12. The van der Waals surface area contributed by atoms with E-state index in [2.05, 4.69) is 26.2 Å². The average Bonchev–Trinajstić information content (AvgIpc) is 3.38. The molecular formula is C25H24BrFN6O6. The van der Waals surface area contributed by atoms with Gasteiger partial charge in [0.05, 0.1) is 41.6 Å². The Hall–Kier alpha value is -3.91. The Morgan fingerprint density at radius 1 is 1.31 bits per heavy atom. The quantitative estimate of drug-likeness (QED) is 0.298. The maximum absolute atomic E-state index is 14.5. The van der Waals surface area contributed by atoms with E-state index in [-0.39, 0.29) is 48.9 Å². The molecule has 2 aliphatic heterocycles. The van der Waals surface area contributed by atoms with Crippen LogP contribution in [-0.4, -0.2) is 75.6 Å². The Labute approximate surface area is 230 Å². The number of carbonyl (C=O) groups is 2. The molecule has 2 aromatic carbocycles. The van der Waals surface area contributed by atoms with Gasteiger partial charge in [-0.3, -0.25) is 24.6 Å². The van der Waals surface area contributed by atoms with E-state index in [0.717, 1.165) is 0 Å². The number of carbonyl (C=O) groups excluding carboxylic acids is 2. The van der Waals surface area contributed by atoms with Crippen LogP contribution in [0.4, 0.5) is 15.8 Å². The van der Waals surface area contributed by atoms with Crippen molar-refractivity contribution in [1.82, 2.24) is 19.9 Å². The van der Waals surface area contributed by atoms with Gasteiger partial charge in [-0.2, -0.15) is 0 Å². The second kappa shape index (κ2) is 11.1. The molecule has 0 radical (unpaired) electrons. The molecule has 2 amide bonds. The molecule has 1 fully saturated rings. The largest absolute Gasteiger partial charge is 0.482 e. The third-order valence-corrected chi connectivity index (χ3v) is 7.24. The summed E-state index contributed by atoms with van der Waals surface area (Å²) in [5.74, 6) is -0.887. The van der Waals surface area contributed by atoms with Crippen molar-refractivity contribution >= 4 is 39.1 Å². The molecule has 0 spiro atoms. The van der Waals surface area contributed by atoms with Gasteiger partial charge in [0.25, 0.3) is 11.6 Å². The molecule has 12 nitrogen and oxygen atoms in total. The molecule has 5 rings (SSSR count).